The van der Waals surface area contributed by atoms with Crippen LogP contribution in [-0.4, -0.2) is 32.9 Å². The molecule has 1 saturated heterocycles. The highest BCUT2D eigenvalue weighted by atomic mass is 32.1. The van der Waals surface area contributed by atoms with Crippen molar-refractivity contribution in [2.75, 3.05) is 13.3 Å². The molecule has 3 aromatic rings. The predicted octanol–water partition coefficient (Wildman–Crippen LogP) is 4.60. The molecule has 0 spiro atoms. The standard InChI is InChI=1S/C24H26N4O2S/c1-4-11-27-23(22(26-24(27)31)19-7-5-6-10-25-19)18-12-15(2)28(16(18)3)17-8-9-20-21(13-17)30-14-29-20/h5-10,12-13,22-23H,4,11,14H2,1-3H3,(H,26,31)/t22-,23+/m1/s1. The molecule has 0 aliphatic carbocycles. The Labute approximate surface area is 187 Å². The lowest BCUT2D eigenvalue weighted by Gasteiger charge is -2.27. The van der Waals surface area contributed by atoms with E-state index < -0.39 is 0 Å². The van der Waals surface area contributed by atoms with E-state index in [1.54, 1.807) is 0 Å². The molecule has 4 heterocycles. The van der Waals surface area contributed by atoms with Crippen LogP contribution in [0.1, 0.15) is 48.1 Å². The summed E-state index contributed by atoms with van der Waals surface area (Å²) in [5.74, 6) is 1.58. The fourth-order valence-corrected chi connectivity index (χ4v) is 5.07. The average Bonchev–Trinajstić information content (AvgIpc) is 3.45. The van der Waals surface area contributed by atoms with Gasteiger partial charge in [0, 0.05) is 35.9 Å². The monoisotopic (exact) mass is 434 g/mol. The third-order valence-corrected chi connectivity index (χ3v) is 6.42. The minimum Gasteiger partial charge on any atom is -0.454 e. The van der Waals surface area contributed by atoms with Crippen molar-refractivity contribution in [2.24, 2.45) is 0 Å². The van der Waals surface area contributed by atoms with E-state index in [9.17, 15) is 0 Å². The number of hydrogen-bond donors (Lipinski definition) is 1. The second kappa shape index (κ2) is 7.89. The molecule has 0 amide bonds. The fraction of sp³-hybridized carbons (Fsp3) is 0.333. The molecule has 1 fully saturated rings. The number of pyridine rings is 1. The predicted molar refractivity (Wildman–Crippen MR) is 124 cm³/mol. The number of fused-ring (bicyclic) bond motifs is 1. The molecule has 31 heavy (non-hydrogen) atoms. The number of aryl methyl sites for hydroxylation is 1. The van der Waals surface area contributed by atoms with Crippen molar-refractivity contribution >= 4 is 17.3 Å². The highest BCUT2D eigenvalue weighted by Gasteiger charge is 2.41. The molecule has 0 unspecified atom stereocenters. The van der Waals surface area contributed by atoms with Gasteiger partial charge in [-0.2, -0.15) is 0 Å². The Morgan fingerprint density at radius 2 is 1.97 bits per heavy atom. The summed E-state index contributed by atoms with van der Waals surface area (Å²) in [6.45, 7) is 7.67. The molecule has 2 aliphatic rings. The first-order chi connectivity index (χ1) is 15.1. The Morgan fingerprint density at radius 1 is 1.13 bits per heavy atom. The van der Waals surface area contributed by atoms with Crippen LogP contribution in [0.5, 0.6) is 11.5 Å². The smallest absolute Gasteiger partial charge is 0.231 e. The number of nitrogens with one attached hydrogen (secondary N) is 1. The number of hydrogen-bond acceptors (Lipinski definition) is 4. The van der Waals surface area contributed by atoms with Gasteiger partial charge in [0.25, 0.3) is 0 Å². The Hall–Kier alpha value is -3.06. The zero-order valence-electron chi connectivity index (χ0n) is 18.0. The second-order valence-electron chi connectivity index (χ2n) is 8.02. The molecular weight excluding hydrogens is 408 g/mol. The van der Waals surface area contributed by atoms with Gasteiger partial charge >= 0.3 is 0 Å². The van der Waals surface area contributed by atoms with E-state index in [4.69, 9.17) is 21.7 Å². The minimum absolute atomic E-state index is 0.00551. The molecule has 0 bridgehead atoms. The van der Waals surface area contributed by atoms with Crippen molar-refractivity contribution in [3.05, 3.63) is 71.3 Å². The number of nitrogens with zero attached hydrogens (tertiary/aromatic N) is 3. The summed E-state index contributed by atoms with van der Waals surface area (Å²) in [6.07, 6.45) is 2.86. The van der Waals surface area contributed by atoms with Crippen LogP contribution >= 0.6 is 12.2 Å². The van der Waals surface area contributed by atoms with Crippen molar-refractivity contribution < 1.29 is 9.47 Å². The topological polar surface area (TPSA) is 51.6 Å². The number of benzene rings is 1. The molecule has 160 valence electrons. The molecule has 1 N–H and O–H groups in total. The van der Waals surface area contributed by atoms with Crippen LogP contribution in [0, 0.1) is 13.8 Å². The first kappa shape index (κ1) is 19.9. The van der Waals surface area contributed by atoms with E-state index in [2.05, 4.69) is 58.7 Å². The van der Waals surface area contributed by atoms with Crippen LogP contribution in [-0.2, 0) is 0 Å². The molecule has 2 atom stereocenters. The van der Waals surface area contributed by atoms with E-state index in [0.29, 0.717) is 0 Å². The summed E-state index contributed by atoms with van der Waals surface area (Å²) in [4.78, 5) is 6.94. The summed E-state index contributed by atoms with van der Waals surface area (Å²) in [7, 11) is 0. The Balaban J connectivity index is 1.60. The van der Waals surface area contributed by atoms with E-state index in [-0.39, 0.29) is 18.9 Å². The normalized spacial score (nSPS) is 19.7. The first-order valence-electron chi connectivity index (χ1n) is 10.7. The van der Waals surface area contributed by atoms with Crippen LogP contribution in [0.25, 0.3) is 5.69 Å². The van der Waals surface area contributed by atoms with Gasteiger partial charge in [-0.05, 0) is 68.4 Å². The van der Waals surface area contributed by atoms with Crippen LogP contribution < -0.4 is 14.8 Å². The zero-order valence-corrected chi connectivity index (χ0v) is 18.8. The number of rotatable bonds is 5. The highest BCUT2D eigenvalue weighted by molar-refractivity contribution is 7.80. The van der Waals surface area contributed by atoms with E-state index in [1.165, 1.54) is 17.0 Å². The Bertz CT molecular complexity index is 1130. The zero-order chi connectivity index (χ0) is 21.5. The molecule has 0 saturated carbocycles. The van der Waals surface area contributed by atoms with Gasteiger partial charge in [0.2, 0.25) is 6.79 Å². The summed E-state index contributed by atoms with van der Waals surface area (Å²) < 4.78 is 13.4. The summed E-state index contributed by atoms with van der Waals surface area (Å²) in [5.41, 5.74) is 5.68. The van der Waals surface area contributed by atoms with Crippen LogP contribution in [0.2, 0.25) is 0 Å². The van der Waals surface area contributed by atoms with E-state index in [1.807, 2.05) is 30.5 Å². The molecule has 2 aliphatic heterocycles. The number of ether oxygens (including phenoxy) is 2. The maximum absolute atomic E-state index is 5.74. The van der Waals surface area contributed by atoms with E-state index >= 15 is 0 Å². The van der Waals surface area contributed by atoms with Gasteiger partial charge in [0.15, 0.2) is 16.6 Å². The van der Waals surface area contributed by atoms with Gasteiger partial charge in [-0.1, -0.05) is 13.0 Å². The first-order valence-corrected chi connectivity index (χ1v) is 11.1. The Kier molecular flexibility index (Phi) is 5.06. The average molecular weight is 435 g/mol. The van der Waals surface area contributed by atoms with Crippen molar-refractivity contribution in [1.82, 2.24) is 19.8 Å². The van der Waals surface area contributed by atoms with Gasteiger partial charge in [-0.25, -0.2) is 0 Å². The summed E-state index contributed by atoms with van der Waals surface area (Å²) in [6, 6.07) is 14.5. The summed E-state index contributed by atoms with van der Waals surface area (Å²) in [5, 5.41) is 4.32. The SMILES string of the molecule is CCCN1C(=S)N[C@H](c2ccccn2)[C@@H]1c1cc(C)n(-c2ccc3c(c2)OCO3)c1C. The molecule has 5 rings (SSSR count). The molecule has 1 aromatic carbocycles. The molecule has 0 radical (unpaired) electrons. The fourth-order valence-electron chi connectivity index (χ4n) is 4.73. The molecular formula is C24H26N4O2S. The molecule has 7 heteroatoms. The lowest BCUT2D eigenvalue weighted by molar-refractivity contribution is 0.174. The van der Waals surface area contributed by atoms with Crippen molar-refractivity contribution in [3.63, 3.8) is 0 Å². The lowest BCUT2D eigenvalue weighted by atomic mass is 9.96. The maximum Gasteiger partial charge on any atom is 0.231 e. The van der Waals surface area contributed by atoms with Gasteiger partial charge in [-0.3, -0.25) is 4.98 Å². The van der Waals surface area contributed by atoms with Crippen molar-refractivity contribution in [2.45, 2.75) is 39.3 Å². The van der Waals surface area contributed by atoms with E-state index in [0.717, 1.165) is 41.0 Å². The van der Waals surface area contributed by atoms with Gasteiger partial charge < -0.3 is 24.3 Å². The quantitative estimate of drug-likeness (QED) is 0.593. The lowest BCUT2D eigenvalue weighted by Crippen LogP contribution is -2.30. The Morgan fingerprint density at radius 3 is 2.74 bits per heavy atom. The summed E-state index contributed by atoms with van der Waals surface area (Å²) >= 11 is 5.74. The van der Waals surface area contributed by atoms with Crippen molar-refractivity contribution in [3.8, 4) is 17.2 Å². The molecule has 6 nitrogen and oxygen atoms in total. The second-order valence-corrected chi connectivity index (χ2v) is 8.41. The highest BCUT2D eigenvalue weighted by Crippen LogP contribution is 2.42. The van der Waals surface area contributed by atoms with Crippen LogP contribution in [0.3, 0.4) is 0 Å². The maximum atomic E-state index is 5.74. The third-order valence-electron chi connectivity index (χ3n) is 6.07. The largest absolute Gasteiger partial charge is 0.454 e. The van der Waals surface area contributed by atoms with Crippen LogP contribution in [0.4, 0.5) is 0 Å². The van der Waals surface area contributed by atoms with Gasteiger partial charge in [-0.15, -0.1) is 0 Å². The number of thiocarbonyl (C=S) groups is 1. The van der Waals surface area contributed by atoms with Crippen LogP contribution in [0.15, 0.2) is 48.7 Å². The van der Waals surface area contributed by atoms with Crippen molar-refractivity contribution in [1.29, 1.82) is 0 Å². The number of aromatic nitrogens is 2. The third kappa shape index (κ3) is 3.33. The van der Waals surface area contributed by atoms with Gasteiger partial charge in [0.1, 0.15) is 0 Å². The van der Waals surface area contributed by atoms with Gasteiger partial charge in [0.05, 0.1) is 17.8 Å². The molecule has 2 aromatic heterocycles. The minimum atomic E-state index is 0.00551.